The number of likely N-dealkylation sites (tertiary alicyclic amines) is 1. The second-order valence-corrected chi connectivity index (χ2v) is 6.52. The average Bonchev–Trinajstić information content (AvgIpc) is 2.20. The van der Waals surface area contributed by atoms with Crippen LogP contribution in [0, 0.1) is 5.92 Å². The van der Waals surface area contributed by atoms with Crippen LogP contribution < -0.4 is 5.32 Å². The molecule has 1 aliphatic heterocycles. The van der Waals surface area contributed by atoms with E-state index in [1.54, 1.807) is 6.26 Å². The predicted molar refractivity (Wildman–Crippen MR) is 66.6 cm³/mol. The molecule has 1 saturated heterocycles. The Hall–Kier alpha value is 0.0700. The van der Waals surface area contributed by atoms with E-state index in [0.717, 1.165) is 19.0 Å². The van der Waals surface area contributed by atoms with Crippen molar-refractivity contribution in [3.8, 4) is 0 Å². The van der Waals surface area contributed by atoms with Crippen LogP contribution in [0.5, 0.6) is 0 Å². The first kappa shape index (κ1) is 13.1. The number of hydrogen-bond acceptors (Lipinski definition) is 3. The minimum absolute atomic E-state index is 0.274. The van der Waals surface area contributed by atoms with Crippen molar-refractivity contribution in [1.29, 1.82) is 0 Å². The summed E-state index contributed by atoms with van der Waals surface area (Å²) >= 11 is 0. The van der Waals surface area contributed by atoms with Gasteiger partial charge < -0.3 is 10.2 Å². The van der Waals surface area contributed by atoms with E-state index < -0.39 is 10.8 Å². The number of rotatable bonds is 5. The molecule has 4 heteroatoms. The number of nitrogens with one attached hydrogen (secondary N) is 1. The van der Waals surface area contributed by atoms with Gasteiger partial charge in [-0.15, -0.1) is 0 Å². The molecule has 1 fully saturated rings. The topological polar surface area (TPSA) is 32.3 Å². The van der Waals surface area contributed by atoms with E-state index in [1.165, 1.54) is 25.9 Å². The Morgan fingerprint density at radius 3 is 2.60 bits per heavy atom. The van der Waals surface area contributed by atoms with Crippen molar-refractivity contribution in [3.63, 3.8) is 0 Å². The molecular formula is C11H24N2OS. The summed E-state index contributed by atoms with van der Waals surface area (Å²) in [6.45, 7) is 6.46. The average molecular weight is 232 g/mol. The maximum atomic E-state index is 11.1. The zero-order valence-corrected chi connectivity index (χ0v) is 11.0. The van der Waals surface area contributed by atoms with E-state index in [2.05, 4.69) is 17.3 Å². The van der Waals surface area contributed by atoms with Crippen LogP contribution in [0.1, 0.15) is 19.8 Å². The molecule has 90 valence electrons. The first-order valence-corrected chi connectivity index (χ1v) is 7.43. The first-order valence-electron chi connectivity index (χ1n) is 5.81. The molecule has 0 aromatic rings. The van der Waals surface area contributed by atoms with Gasteiger partial charge in [-0.1, -0.05) is 0 Å². The SMILES string of the molecule is CC(CNCC1CCN(C)CC1)S(C)=O. The summed E-state index contributed by atoms with van der Waals surface area (Å²) in [4.78, 5) is 2.39. The van der Waals surface area contributed by atoms with Crippen molar-refractivity contribution in [2.45, 2.75) is 25.0 Å². The van der Waals surface area contributed by atoms with Crippen LogP contribution in [0.25, 0.3) is 0 Å². The van der Waals surface area contributed by atoms with Gasteiger partial charge in [-0.3, -0.25) is 4.21 Å². The lowest BCUT2D eigenvalue weighted by Crippen LogP contribution is -2.37. The molecule has 0 radical (unpaired) electrons. The molecule has 0 bridgehead atoms. The molecule has 0 amide bonds. The van der Waals surface area contributed by atoms with Crippen LogP contribution >= 0.6 is 0 Å². The van der Waals surface area contributed by atoms with Crippen LogP contribution in [0.2, 0.25) is 0 Å². The Kier molecular flexibility index (Phi) is 5.79. The molecule has 2 unspecified atom stereocenters. The van der Waals surface area contributed by atoms with Gasteiger partial charge in [-0.2, -0.15) is 0 Å². The molecule has 0 aliphatic carbocycles. The van der Waals surface area contributed by atoms with Crippen molar-refractivity contribution in [1.82, 2.24) is 10.2 Å². The fourth-order valence-corrected chi connectivity index (χ4v) is 2.23. The highest BCUT2D eigenvalue weighted by molar-refractivity contribution is 7.84. The zero-order valence-electron chi connectivity index (χ0n) is 10.2. The van der Waals surface area contributed by atoms with Crippen LogP contribution in [-0.2, 0) is 10.8 Å². The van der Waals surface area contributed by atoms with E-state index in [-0.39, 0.29) is 5.25 Å². The van der Waals surface area contributed by atoms with Gasteiger partial charge >= 0.3 is 0 Å². The molecule has 1 aliphatic rings. The van der Waals surface area contributed by atoms with Crippen molar-refractivity contribution in [2.24, 2.45) is 5.92 Å². The Balaban J connectivity index is 2.07. The number of piperidine rings is 1. The Labute approximate surface area is 96.1 Å². The standard InChI is InChI=1S/C11H24N2OS/c1-10(15(3)14)8-12-9-11-4-6-13(2)7-5-11/h10-12H,4-9H2,1-3H3. The lowest BCUT2D eigenvalue weighted by molar-refractivity contribution is 0.216. The normalized spacial score (nSPS) is 23.9. The van der Waals surface area contributed by atoms with E-state index in [1.807, 2.05) is 6.92 Å². The fraction of sp³-hybridized carbons (Fsp3) is 1.00. The van der Waals surface area contributed by atoms with Gasteiger partial charge in [0, 0.05) is 28.9 Å². The first-order chi connectivity index (χ1) is 7.09. The van der Waals surface area contributed by atoms with Gasteiger partial charge in [-0.25, -0.2) is 0 Å². The summed E-state index contributed by atoms with van der Waals surface area (Å²) in [5.74, 6) is 0.818. The van der Waals surface area contributed by atoms with Gasteiger partial charge in [0.1, 0.15) is 0 Å². The van der Waals surface area contributed by atoms with E-state index >= 15 is 0 Å². The van der Waals surface area contributed by atoms with E-state index in [9.17, 15) is 4.21 Å². The predicted octanol–water partition coefficient (Wildman–Crippen LogP) is 0.685. The summed E-state index contributed by atoms with van der Waals surface area (Å²) in [7, 11) is 1.49. The Morgan fingerprint density at radius 2 is 2.07 bits per heavy atom. The van der Waals surface area contributed by atoms with Gasteiger partial charge in [-0.05, 0) is 52.4 Å². The highest BCUT2D eigenvalue weighted by Gasteiger charge is 2.16. The largest absolute Gasteiger partial charge is 0.315 e. The highest BCUT2D eigenvalue weighted by atomic mass is 32.2. The van der Waals surface area contributed by atoms with Crippen LogP contribution in [0.3, 0.4) is 0 Å². The van der Waals surface area contributed by atoms with Gasteiger partial charge in [0.05, 0.1) is 0 Å². The third kappa shape index (κ3) is 5.09. The van der Waals surface area contributed by atoms with Crippen LogP contribution in [0.15, 0.2) is 0 Å². The molecule has 0 aromatic carbocycles. The van der Waals surface area contributed by atoms with Crippen LogP contribution in [0.4, 0.5) is 0 Å². The third-order valence-electron chi connectivity index (χ3n) is 3.27. The third-order valence-corrected chi connectivity index (χ3v) is 4.57. The zero-order chi connectivity index (χ0) is 11.3. The van der Waals surface area contributed by atoms with Crippen LogP contribution in [-0.4, -0.2) is 53.8 Å². The van der Waals surface area contributed by atoms with Gasteiger partial charge in [0.2, 0.25) is 0 Å². The van der Waals surface area contributed by atoms with Gasteiger partial charge in [0.15, 0.2) is 0 Å². The molecule has 1 N–H and O–H groups in total. The maximum absolute atomic E-state index is 11.1. The second-order valence-electron chi connectivity index (χ2n) is 4.71. The van der Waals surface area contributed by atoms with Gasteiger partial charge in [0.25, 0.3) is 0 Å². The minimum Gasteiger partial charge on any atom is -0.315 e. The highest BCUT2D eigenvalue weighted by Crippen LogP contribution is 2.14. The molecule has 0 saturated carbocycles. The summed E-state index contributed by atoms with van der Waals surface area (Å²) in [6.07, 6.45) is 4.38. The smallest absolute Gasteiger partial charge is 0.0441 e. The summed E-state index contributed by atoms with van der Waals surface area (Å²) in [6, 6.07) is 0. The molecular weight excluding hydrogens is 208 g/mol. The summed E-state index contributed by atoms with van der Waals surface area (Å²) < 4.78 is 11.1. The van der Waals surface area contributed by atoms with Crippen molar-refractivity contribution in [3.05, 3.63) is 0 Å². The Morgan fingerprint density at radius 1 is 1.47 bits per heavy atom. The fourth-order valence-electron chi connectivity index (χ4n) is 1.87. The molecule has 2 atom stereocenters. The summed E-state index contributed by atoms with van der Waals surface area (Å²) in [5, 5.41) is 3.71. The number of hydrogen-bond donors (Lipinski definition) is 1. The minimum atomic E-state index is -0.693. The lowest BCUT2D eigenvalue weighted by Gasteiger charge is -2.29. The van der Waals surface area contributed by atoms with Crippen molar-refractivity contribution in [2.75, 3.05) is 39.5 Å². The molecule has 3 nitrogen and oxygen atoms in total. The number of nitrogens with zero attached hydrogens (tertiary/aromatic N) is 1. The van der Waals surface area contributed by atoms with Crippen molar-refractivity contribution >= 4 is 10.8 Å². The monoisotopic (exact) mass is 232 g/mol. The van der Waals surface area contributed by atoms with E-state index in [0.29, 0.717) is 0 Å². The quantitative estimate of drug-likeness (QED) is 0.757. The summed E-state index contributed by atoms with van der Waals surface area (Å²) in [5.41, 5.74) is 0. The molecule has 0 spiro atoms. The molecule has 15 heavy (non-hydrogen) atoms. The van der Waals surface area contributed by atoms with Crippen molar-refractivity contribution < 1.29 is 4.21 Å². The maximum Gasteiger partial charge on any atom is 0.0441 e. The molecule has 0 aromatic heterocycles. The molecule has 1 heterocycles. The second kappa shape index (κ2) is 6.61. The molecule has 1 rings (SSSR count). The Bertz CT molecular complexity index is 203. The van der Waals surface area contributed by atoms with E-state index in [4.69, 9.17) is 0 Å². The lowest BCUT2D eigenvalue weighted by atomic mass is 9.97.